The average Bonchev–Trinajstić information content (AvgIpc) is 2.17. The van der Waals surface area contributed by atoms with Gasteiger partial charge < -0.3 is 15.2 Å². The van der Waals surface area contributed by atoms with Crippen molar-refractivity contribution in [2.45, 2.75) is 57.2 Å². The minimum Gasteiger partial charge on any atom is -0.394 e. The van der Waals surface area contributed by atoms with Crippen molar-refractivity contribution in [3.8, 4) is 0 Å². The van der Waals surface area contributed by atoms with Gasteiger partial charge in [0.25, 0.3) is 0 Å². The molecule has 3 nitrogen and oxygen atoms in total. The molecule has 2 atom stereocenters. The van der Waals surface area contributed by atoms with E-state index in [-0.39, 0.29) is 12.1 Å². The number of rotatable bonds is 4. The molecule has 84 valence electrons. The van der Waals surface area contributed by atoms with E-state index < -0.39 is 0 Å². The normalized spacial score (nSPS) is 33.6. The van der Waals surface area contributed by atoms with Crippen LogP contribution in [0.1, 0.15) is 39.5 Å². The van der Waals surface area contributed by atoms with E-state index in [0.717, 1.165) is 25.7 Å². The lowest BCUT2D eigenvalue weighted by Gasteiger charge is -2.41. The Kier molecular flexibility index (Phi) is 4.35. The van der Waals surface area contributed by atoms with Crippen LogP contribution in [0.4, 0.5) is 0 Å². The Hall–Kier alpha value is -0.120. The average molecular weight is 201 g/mol. The van der Waals surface area contributed by atoms with Gasteiger partial charge >= 0.3 is 0 Å². The zero-order chi connectivity index (χ0) is 10.6. The fraction of sp³-hybridized carbons (Fsp3) is 1.00. The standard InChI is InChI=1S/C11H23NO2/c1-9(2)12-11(8-13)6-4-5-10(7-11)14-3/h9-10,12-13H,4-8H2,1-3H3. The summed E-state index contributed by atoms with van der Waals surface area (Å²) in [7, 11) is 1.76. The topological polar surface area (TPSA) is 41.5 Å². The predicted molar refractivity (Wildman–Crippen MR) is 57.4 cm³/mol. The van der Waals surface area contributed by atoms with E-state index in [1.807, 2.05) is 0 Å². The van der Waals surface area contributed by atoms with Crippen molar-refractivity contribution in [3.05, 3.63) is 0 Å². The van der Waals surface area contributed by atoms with Crippen LogP contribution in [0.15, 0.2) is 0 Å². The SMILES string of the molecule is COC1CCCC(CO)(NC(C)C)C1. The molecule has 0 bridgehead atoms. The molecule has 14 heavy (non-hydrogen) atoms. The molecule has 0 aromatic rings. The summed E-state index contributed by atoms with van der Waals surface area (Å²) in [5.74, 6) is 0. The molecule has 0 saturated heterocycles. The summed E-state index contributed by atoms with van der Waals surface area (Å²) in [5.41, 5.74) is -0.104. The molecular weight excluding hydrogens is 178 g/mol. The lowest BCUT2D eigenvalue weighted by atomic mass is 9.80. The third-order valence-electron chi connectivity index (χ3n) is 3.03. The Labute approximate surface area is 86.8 Å². The number of nitrogens with one attached hydrogen (secondary N) is 1. The van der Waals surface area contributed by atoms with Crippen LogP contribution in [-0.4, -0.2) is 36.5 Å². The van der Waals surface area contributed by atoms with Crippen LogP contribution in [0.3, 0.4) is 0 Å². The molecular formula is C11H23NO2. The zero-order valence-electron chi connectivity index (χ0n) is 9.55. The number of ether oxygens (including phenoxy) is 1. The van der Waals surface area contributed by atoms with Crippen LogP contribution in [0.25, 0.3) is 0 Å². The van der Waals surface area contributed by atoms with Crippen LogP contribution >= 0.6 is 0 Å². The number of hydrogen-bond donors (Lipinski definition) is 2. The van der Waals surface area contributed by atoms with Gasteiger partial charge in [-0.05, 0) is 25.7 Å². The molecule has 0 aromatic carbocycles. The Balaban J connectivity index is 2.58. The van der Waals surface area contributed by atoms with E-state index >= 15 is 0 Å². The highest BCUT2D eigenvalue weighted by Crippen LogP contribution is 2.30. The van der Waals surface area contributed by atoms with Gasteiger partial charge in [0.2, 0.25) is 0 Å². The van der Waals surface area contributed by atoms with Crippen LogP contribution in [0.2, 0.25) is 0 Å². The molecule has 0 aromatic heterocycles. The van der Waals surface area contributed by atoms with Crippen molar-refractivity contribution >= 4 is 0 Å². The predicted octanol–water partition coefficient (Wildman–Crippen LogP) is 1.30. The highest BCUT2D eigenvalue weighted by molar-refractivity contribution is 4.94. The van der Waals surface area contributed by atoms with Crippen molar-refractivity contribution in [2.75, 3.05) is 13.7 Å². The Morgan fingerprint density at radius 3 is 2.79 bits per heavy atom. The Morgan fingerprint density at radius 1 is 1.57 bits per heavy atom. The lowest BCUT2D eigenvalue weighted by Crippen LogP contribution is -2.55. The smallest absolute Gasteiger partial charge is 0.0614 e. The highest BCUT2D eigenvalue weighted by Gasteiger charge is 2.36. The minimum absolute atomic E-state index is 0.104. The molecule has 1 rings (SSSR count). The van der Waals surface area contributed by atoms with Crippen LogP contribution in [0.5, 0.6) is 0 Å². The first kappa shape index (κ1) is 12.0. The van der Waals surface area contributed by atoms with Gasteiger partial charge in [0.15, 0.2) is 0 Å². The van der Waals surface area contributed by atoms with Gasteiger partial charge in [-0.3, -0.25) is 0 Å². The molecule has 0 aliphatic heterocycles. The second kappa shape index (κ2) is 5.10. The molecule has 0 heterocycles. The monoisotopic (exact) mass is 201 g/mol. The summed E-state index contributed by atoms with van der Waals surface area (Å²) in [6, 6.07) is 0.415. The van der Waals surface area contributed by atoms with Crippen molar-refractivity contribution in [2.24, 2.45) is 0 Å². The maximum absolute atomic E-state index is 9.49. The first-order valence-electron chi connectivity index (χ1n) is 5.53. The molecule has 1 fully saturated rings. The lowest BCUT2D eigenvalue weighted by molar-refractivity contribution is 0.00682. The quantitative estimate of drug-likeness (QED) is 0.720. The molecule has 0 amide bonds. The number of aliphatic hydroxyl groups is 1. The fourth-order valence-electron chi connectivity index (χ4n) is 2.44. The molecule has 0 spiro atoms. The van der Waals surface area contributed by atoms with E-state index in [9.17, 15) is 5.11 Å². The molecule has 0 radical (unpaired) electrons. The van der Waals surface area contributed by atoms with E-state index in [0.29, 0.717) is 12.1 Å². The zero-order valence-corrected chi connectivity index (χ0v) is 9.55. The summed E-state index contributed by atoms with van der Waals surface area (Å²) in [6.07, 6.45) is 4.55. The summed E-state index contributed by atoms with van der Waals surface area (Å²) in [4.78, 5) is 0. The van der Waals surface area contributed by atoms with E-state index in [1.54, 1.807) is 7.11 Å². The number of methoxy groups -OCH3 is 1. The third-order valence-corrected chi connectivity index (χ3v) is 3.03. The van der Waals surface area contributed by atoms with Crippen molar-refractivity contribution < 1.29 is 9.84 Å². The molecule has 2 N–H and O–H groups in total. The van der Waals surface area contributed by atoms with Crippen LogP contribution in [0, 0.1) is 0 Å². The van der Waals surface area contributed by atoms with Gasteiger partial charge in [-0.15, -0.1) is 0 Å². The first-order chi connectivity index (χ1) is 6.62. The minimum atomic E-state index is -0.104. The molecule has 1 aliphatic rings. The Bertz CT molecular complexity index is 173. The van der Waals surface area contributed by atoms with Crippen molar-refractivity contribution in [3.63, 3.8) is 0 Å². The largest absolute Gasteiger partial charge is 0.394 e. The second-order valence-electron chi connectivity index (χ2n) is 4.69. The molecule has 1 aliphatic carbocycles. The van der Waals surface area contributed by atoms with E-state index in [2.05, 4.69) is 19.2 Å². The van der Waals surface area contributed by atoms with Gasteiger partial charge in [0.05, 0.1) is 12.7 Å². The molecule has 2 unspecified atom stereocenters. The summed E-state index contributed by atoms with van der Waals surface area (Å²) in [5, 5.41) is 13.0. The van der Waals surface area contributed by atoms with E-state index in [1.165, 1.54) is 0 Å². The second-order valence-corrected chi connectivity index (χ2v) is 4.69. The molecule has 1 saturated carbocycles. The molecule has 3 heteroatoms. The summed E-state index contributed by atoms with van der Waals surface area (Å²) in [6.45, 7) is 4.45. The number of aliphatic hydroxyl groups excluding tert-OH is 1. The third kappa shape index (κ3) is 2.94. The summed E-state index contributed by atoms with van der Waals surface area (Å²) >= 11 is 0. The van der Waals surface area contributed by atoms with Gasteiger partial charge in [0, 0.05) is 18.7 Å². The maximum Gasteiger partial charge on any atom is 0.0614 e. The maximum atomic E-state index is 9.49. The van der Waals surface area contributed by atoms with Crippen molar-refractivity contribution in [1.82, 2.24) is 5.32 Å². The Morgan fingerprint density at radius 2 is 2.29 bits per heavy atom. The first-order valence-corrected chi connectivity index (χ1v) is 5.53. The van der Waals surface area contributed by atoms with Gasteiger partial charge in [-0.1, -0.05) is 13.8 Å². The number of hydrogen-bond acceptors (Lipinski definition) is 3. The summed E-state index contributed by atoms with van der Waals surface area (Å²) < 4.78 is 5.38. The van der Waals surface area contributed by atoms with Gasteiger partial charge in [0.1, 0.15) is 0 Å². The fourth-order valence-corrected chi connectivity index (χ4v) is 2.44. The van der Waals surface area contributed by atoms with Crippen LogP contribution in [-0.2, 0) is 4.74 Å². The van der Waals surface area contributed by atoms with Crippen molar-refractivity contribution in [1.29, 1.82) is 0 Å². The highest BCUT2D eigenvalue weighted by atomic mass is 16.5. The van der Waals surface area contributed by atoms with Crippen LogP contribution < -0.4 is 5.32 Å². The van der Waals surface area contributed by atoms with Gasteiger partial charge in [-0.2, -0.15) is 0 Å². The van der Waals surface area contributed by atoms with Gasteiger partial charge in [-0.25, -0.2) is 0 Å². The van der Waals surface area contributed by atoms with E-state index in [4.69, 9.17) is 4.74 Å².